The Morgan fingerprint density at radius 1 is 1.47 bits per heavy atom. The van der Waals surface area contributed by atoms with Crippen LogP contribution in [0.25, 0.3) is 0 Å². The molecule has 0 saturated heterocycles. The van der Waals surface area contributed by atoms with Crippen LogP contribution in [0, 0.1) is 0 Å². The molecule has 0 bridgehead atoms. The number of hydrogen-bond acceptors (Lipinski definition) is 5. The first-order valence-electron chi connectivity index (χ1n) is 5.31. The largest absolute Gasteiger partial charge is 0.339 e. The molecule has 0 spiro atoms. The fraction of sp³-hybridized carbons (Fsp3) is 0.800. The normalized spacial score (nSPS) is 13.4. The molecule has 0 saturated carbocycles. The molecule has 0 aliphatic rings. The second-order valence-electron chi connectivity index (χ2n) is 4.00. The first-order valence-corrected chi connectivity index (χ1v) is 5.31. The molecule has 0 aromatic carbocycles. The Labute approximate surface area is 90.8 Å². The zero-order valence-electron chi connectivity index (χ0n) is 9.95. The number of nitrogens with one attached hydrogen (secondary N) is 1. The zero-order chi connectivity index (χ0) is 11.3. The maximum absolute atomic E-state index is 5.15. The quantitative estimate of drug-likeness (QED) is 0.751. The van der Waals surface area contributed by atoms with Gasteiger partial charge in [0.2, 0.25) is 5.89 Å². The van der Waals surface area contributed by atoms with E-state index in [-0.39, 0.29) is 0 Å². The minimum absolute atomic E-state index is 0.377. The van der Waals surface area contributed by atoms with Gasteiger partial charge in [0.1, 0.15) is 0 Å². The minimum Gasteiger partial charge on any atom is -0.339 e. The maximum Gasteiger partial charge on any atom is 0.228 e. The number of hydrogen-bond donors (Lipinski definition) is 1. The van der Waals surface area contributed by atoms with Crippen molar-refractivity contribution in [2.75, 3.05) is 20.6 Å². The molecule has 0 aliphatic carbocycles. The second kappa shape index (κ2) is 5.82. The lowest BCUT2D eigenvalue weighted by Crippen LogP contribution is -2.27. The van der Waals surface area contributed by atoms with Crippen LogP contribution in [0.4, 0.5) is 0 Å². The monoisotopic (exact) mass is 212 g/mol. The molecule has 1 aromatic heterocycles. The van der Waals surface area contributed by atoms with E-state index in [9.17, 15) is 0 Å². The Kier molecular flexibility index (Phi) is 4.71. The highest BCUT2D eigenvalue weighted by atomic mass is 16.5. The molecule has 15 heavy (non-hydrogen) atoms. The van der Waals surface area contributed by atoms with Crippen molar-refractivity contribution in [1.82, 2.24) is 20.4 Å². The fourth-order valence-corrected chi connectivity index (χ4v) is 1.40. The lowest BCUT2D eigenvalue weighted by molar-refractivity contribution is 0.341. The number of nitrogens with zero attached hydrogens (tertiary/aromatic N) is 3. The predicted molar refractivity (Wildman–Crippen MR) is 58.5 cm³/mol. The van der Waals surface area contributed by atoms with E-state index in [1.165, 1.54) is 0 Å². The molecule has 1 atom stereocenters. The van der Waals surface area contributed by atoms with Crippen LogP contribution in [0.1, 0.15) is 25.6 Å². The Bertz CT molecular complexity index is 285. The van der Waals surface area contributed by atoms with E-state index in [0.717, 1.165) is 25.3 Å². The third kappa shape index (κ3) is 4.40. The minimum atomic E-state index is 0.377. The van der Waals surface area contributed by atoms with Gasteiger partial charge < -0.3 is 14.7 Å². The molecular weight excluding hydrogens is 192 g/mol. The molecule has 1 N–H and O–H groups in total. The van der Waals surface area contributed by atoms with Crippen LogP contribution in [0.5, 0.6) is 0 Å². The van der Waals surface area contributed by atoms with Crippen molar-refractivity contribution in [1.29, 1.82) is 0 Å². The summed E-state index contributed by atoms with van der Waals surface area (Å²) in [5.74, 6) is 1.46. The average Bonchev–Trinajstić information content (AvgIpc) is 2.51. The van der Waals surface area contributed by atoms with Crippen molar-refractivity contribution in [2.45, 2.75) is 32.9 Å². The van der Waals surface area contributed by atoms with E-state index in [1.54, 1.807) is 0 Å². The van der Waals surface area contributed by atoms with E-state index in [4.69, 9.17) is 4.52 Å². The highest BCUT2D eigenvalue weighted by Gasteiger charge is 2.10. The lowest BCUT2D eigenvalue weighted by atomic mass is 10.2. The molecule has 1 aromatic rings. The second-order valence-corrected chi connectivity index (χ2v) is 4.00. The molecule has 0 fully saturated rings. The van der Waals surface area contributed by atoms with E-state index in [1.807, 2.05) is 19.0 Å². The summed E-state index contributed by atoms with van der Waals surface area (Å²) in [5, 5.41) is 7.22. The molecule has 86 valence electrons. The Morgan fingerprint density at radius 3 is 2.80 bits per heavy atom. The van der Waals surface area contributed by atoms with Crippen LogP contribution >= 0.6 is 0 Å². The van der Waals surface area contributed by atoms with E-state index >= 15 is 0 Å². The van der Waals surface area contributed by atoms with Gasteiger partial charge in [-0.1, -0.05) is 12.1 Å². The van der Waals surface area contributed by atoms with Gasteiger partial charge in [0.05, 0.1) is 6.54 Å². The summed E-state index contributed by atoms with van der Waals surface area (Å²) in [6.07, 6.45) is 0.786. The summed E-state index contributed by atoms with van der Waals surface area (Å²) in [4.78, 5) is 6.33. The molecule has 0 amide bonds. The van der Waals surface area contributed by atoms with Crippen molar-refractivity contribution < 1.29 is 4.52 Å². The molecule has 1 unspecified atom stereocenters. The van der Waals surface area contributed by atoms with E-state index in [2.05, 4.69) is 29.3 Å². The van der Waals surface area contributed by atoms with Gasteiger partial charge in [-0.15, -0.1) is 0 Å². The van der Waals surface area contributed by atoms with Crippen molar-refractivity contribution in [2.24, 2.45) is 0 Å². The summed E-state index contributed by atoms with van der Waals surface area (Å²) >= 11 is 0. The standard InChI is InChI=1S/C10H20N4O/c1-5-11-8(2)6-10-12-9(13-15-10)7-14(3)4/h8,11H,5-7H2,1-4H3. The predicted octanol–water partition coefficient (Wildman–Crippen LogP) is 0.672. The van der Waals surface area contributed by atoms with Crippen molar-refractivity contribution in [3.05, 3.63) is 11.7 Å². The fourth-order valence-electron chi connectivity index (χ4n) is 1.40. The third-order valence-corrected chi connectivity index (χ3v) is 2.00. The highest BCUT2D eigenvalue weighted by molar-refractivity contribution is 4.88. The van der Waals surface area contributed by atoms with Crippen molar-refractivity contribution in [3.8, 4) is 0 Å². The zero-order valence-corrected chi connectivity index (χ0v) is 9.95. The van der Waals surface area contributed by atoms with Gasteiger partial charge in [-0.3, -0.25) is 0 Å². The molecule has 5 nitrogen and oxygen atoms in total. The van der Waals surface area contributed by atoms with Crippen LogP contribution < -0.4 is 5.32 Å². The Balaban J connectivity index is 2.45. The number of rotatable bonds is 6. The average molecular weight is 212 g/mol. The molecule has 0 aliphatic heterocycles. The van der Waals surface area contributed by atoms with E-state index < -0.39 is 0 Å². The van der Waals surface area contributed by atoms with Crippen LogP contribution in [0.2, 0.25) is 0 Å². The van der Waals surface area contributed by atoms with Gasteiger partial charge in [-0.25, -0.2) is 0 Å². The van der Waals surface area contributed by atoms with Crippen LogP contribution in [-0.2, 0) is 13.0 Å². The Morgan fingerprint density at radius 2 is 2.20 bits per heavy atom. The summed E-state index contributed by atoms with van der Waals surface area (Å²) in [6, 6.07) is 0.377. The summed E-state index contributed by atoms with van der Waals surface area (Å²) < 4.78 is 5.15. The molecule has 1 rings (SSSR count). The highest BCUT2D eigenvalue weighted by Crippen LogP contribution is 2.02. The van der Waals surface area contributed by atoms with Gasteiger partial charge in [0.25, 0.3) is 0 Å². The topological polar surface area (TPSA) is 54.2 Å². The third-order valence-electron chi connectivity index (χ3n) is 2.00. The summed E-state index contributed by atoms with van der Waals surface area (Å²) in [6.45, 7) is 5.88. The van der Waals surface area contributed by atoms with E-state index in [0.29, 0.717) is 11.9 Å². The molecule has 0 radical (unpaired) electrons. The first kappa shape index (κ1) is 12.1. The smallest absolute Gasteiger partial charge is 0.228 e. The van der Waals surface area contributed by atoms with Gasteiger partial charge >= 0.3 is 0 Å². The van der Waals surface area contributed by atoms with Gasteiger partial charge in [0.15, 0.2) is 5.82 Å². The molecule has 1 heterocycles. The maximum atomic E-state index is 5.15. The van der Waals surface area contributed by atoms with Crippen LogP contribution in [-0.4, -0.2) is 41.7 Å². The van der Waals surface area contributed by atoms with Crippen molar-refractivity contribution >= 4 is 0 Å². The molecule has 5 heteroatoms. The van der Waals surface area contributed by atoms with Crippen LogP contribution in [0.15, 0.2) is 4.52 Å². The molecular formula is C10H20N4O. The van der Waals surface area contributed by atoms with Gasteiger partial charge in [0, 0.05) is 12.5 Å². The number of aromatic nitrogens is 2. The Hall–Kier alpha value is -0.940. The number of likely N-dealkylation sites (N-methyl/N-ethyl adjacent to an activating group) is 1. The van der Waals surface area contributed by atoms with Crippen LogP contribution in [0.3, 0.4) is 0 Å². The first-order chi connectivity index (χ1) is 7.11. The van der Waals surface area contributed by atoms with Gasteiger partial charge in [-0.2, -0.15) is 4.98 Å². The lowest BCUT2D eigenvalue weighted by Gasteiger charge is -2.08. The van der Waals surface area contributed by atoms with Crippen molar-refractivity contribution in [3.63, 3.8) is 0 Å². The summed E-state index contributed by atoms with van der Waals surface area (Å²) in [5.41, 5.74) is 0. The SMILES string of the molecule is CCNC(C)Cc1nc(CN(C)C)no1. The van der Waals surface area contributed by atoms with Gasteiger partial charge in [-0.05, 0) is 27.6 Å². The summed E-state index contributed by atoms with van der Waals surface area (Å²) in [7, 11) is 3.97.